The summed E-state index contributed by atoms with van der Waals surface area (Å²) in [5, 5.41) is 0. The van der Waals surface area contributed by atoms with Gasteiger partial charge in [0.25, 0.3) is 0 Å². The summed E-state index contributed by atoms with van der Waals surface area (Å²) >= 11 is 0. The molecule has 7 aliphatic carbocycles. The van der Waals surface area contributed by atoms with E-state index < -0.39 is 0 Å². The maximum atomic E-state index is 5.76. The first kappa shape index (κ1) is 98.5. The van der Waals surface area contributed by atoms with Crippen molar-refractivity contribution in [3.8, 4) is 11.5 Å². The molecule has 0 aliphatic heterocycles. The lowest BCUT2D eigenvalue weighted by Gasteiger charge is -2.19. The van der Waals surface area contributed by atoms with E-state index in [4.69, 9.17) is 9.47 Å². The fourth-order valence-electron chi connectivity index (χ4n) is 16.3. The monoisotopic (exact) mass is 1630 g/mol. The summed E-state index contributed by atoms with van der Waals surface area (Å²) < 4.78 is 11.5. The molecule has 10 aromatic rings. The Hall–Kier alpha value is -8.98. The van der Waals surface area contributed by atoms with E-state index in [0.29, 0.717) is 0 Å². The Balaban J connectivity index is 0.000000169. The topological polar surface area (TPSA) is 18.5 Å². The van der Waals surface area contributed by atoms with Crippen molar-refractivity contribution in [2.75, 3.05) is 13.2 Å². The first-order chi connectivity index (χ1) is 59.8. The minimum Gasteiger partial charge on any atom is -0.494 e. The molecule has 0 bridgehead atoms. The Labute approximate surface area is 745 Å². The van der Waals surface area contributed by atoms with E-state index in [1.807, 2.05) is 30.4 Å². The van der Waals surface area contributed by atoms with Gasteiger partial charge in [0.05, 0.1) is 13.2 Å². The molecule has 17 rings (SSSR count). The standard InChI is InChI=1S/C15H22O.C14H20O.2C14H20.2C12H16.C11H14.C10H12.2C9H10/c1-2-3-4-5-6-11-16-15-10-9-13-7-8-14(13)12-15;1-2-3-4-5-10-15-14-9-8-12-6-7-13(12)11-14;1-2-3-4-5-6-12-7-8-13-9-10-14(13)11-12;1-3-5-6-7-9-14-11-8-10-13(4-2)12-14;1-2-3-4-10-5-6-11-7-8-12(11)9-10;1-3-5-7-12-9-6-8-11(4-2)10-12;1-2-3-9-4-5-10-6-7-11(10)8-9;1-2-8-3-4-9-5-6-10(9)7-8;1-7-2-3-8-4-5-9(8)6-7;1-3-9-6-4-5-8(2)7-9/h9-10,12H,2-8,11H2,1H3;8-9,11H,2-7,10H2,1H3;7-8,11H,2-6,9-10H2,1H3;4,8,10-12H,2-3,5-7,9H2,1H3;5-6,9H,2-4,7-8H2,1H3;4,6,8-10H,2-3,5,7H2,1H3;4-5,8H,2-3,6-7H2,1H3;3-4,7H,2,5-6H2,1H3;2-3,6H,4-5H2,1H3;3-7H,1H2,2H3. The maximum absolute atomic E-state index is 5.76. The van der Waals surface area contributed by atoms with Crippen molar-refractivity contribution in [3.05, 3.63) is 359 Å². The van der Waals surface area contributed by atoms with Crippen LogP contribution in [0.3, 0.4) is 0 Å². The molecule has 7 aliphatic rings. The summed E-state index contributed by atoms with van der Waals surface area (Å²) in [6.45, 7) is 35.1. The summed E-state index contributed by atoms with van der Waals surface area (Å²) in [6.07, 6.45) is 60.0. The van der Waals surface area contributed by atoms with Crippen molar-refractivity contribution in [1.29, 1.82) is 0 Å². The molecule has 0 unspecified atom stereocenters. The zero-order valence-electron chi connectivity index (χ0n) is 78.3. The number of aryl methyl sites for hydroxylation is 22. The molecule has 0 atom stereocenters. The van der Waals surface area contributed by atoms with E-state index in [-0.39, 0.29) is 0 Å². The average molecular weight is 1630 g/mol. The van der Waals surface area contributed by atoms with Crippen LogP contribution in [0.1, 0.15) is 336 Å². The summed E-state index contributed by atoms with van der Waals surface area (Å²) in [4.78, 5) is 0. The van der Waals surface area contributed by atoms with Crippen LogP contribution >= 0.6 is 0 Å². The van der Waals surface area contributed by atoms with Crippen LogP contribution in [0.4, 0.5) is 0 Å². The quantitative estimate of drug-likeness (QED) is 0.0369. The van der Waals surface area contributed by atoms with Gasteiger partial charge in [-0.05, 0) is 333 Å². The second kappa shape index (κ2) is 58.2. The lowest BCUT2D eigenvalue weighted by Crippen LogP contribution is -2.08. The number of hydrogen-bond donors (Lipinski definition) is 0. The molecular weight excluding hydrogens is 1470 g/mol. The smallest absolute Gasteiger partial charge is 0.119 e. The fourth-order valence-corrected chi connectivity index (χ4v) is 16.3. The number of unbranched alkanes of at least 4 members (excludes halogenated alkanes) is 15. The highest BCUT2D eigenvalue weighted by molar-refractivity contribution is 5.51. The third-order valence-electron chi connectivity index (χ3n) is 25.1. The van der Waals surface area contributed by atoms with Gasteiger partial charge < -0.3 is 9.47 Å². The molecular formula is C120H160O2. The first-order valence-electron chi connectivity index (χ1n) is 48.9. The lowest BCUT2D eigenvalue weighted by atomic mass is 9.86. The lowest BCUT2D eigenvalue weighted by molar-refractivity contribution is 0.304. The number of hydrogen-bond acceptors (Lipinski definition) is 2. The van der Waals surface area contributed by atoms with Crippen molar-refractivity contribution >= 4 is 18.2 Å². The molecule has 2 heteroatoms. The van der Waals surface area contributed by atoms with E-state index >= 15 is 0 Å². The molecule has 0 heterocycles. The highest BCUT2D eigenvalue weighted by Crippen LogP contribution is 2.32. The van der Waals surface area contributed by atoms with E-state index in [2.05, 4.69) is 277 Å². The zero-order chi connectivity index (χ0) is 86.6. The van der Waals surface area contributed by atoms with Crippen molar-refractivity contribution in [1.82, 2.24) is 0 Å². The van der Waals surface area contributed by atoms with Gasteiger partial charge in [-0.2, -0.15) is 0 Å². The molecule has 0 spiro atoms. The summed E-state index contributed by atoms with van der Waals surface area (Å²) in [7, 11) is 0. The van der Waals surface area contributed by atoms with Crippen LogP contribution < -0.4 is 9.47 Å². The Bertz CT molecular complexity index is 4650. The molecule has 0 amide bonds. The highest BCUT2D eigenvalue weighted by Gasteiger charge is 2.18. The minimum absolute atomic E-state index is 0.874. The second-order valence-corrected chi connectivity index (χ2v) is 35.2. The Kier molecular flexibility index (Phi) is 47.0. The van der Waals surface area contributed by atoms with Crippen molar-refractivity contribution in [2.45, 2.75) is 339 Å². The van der Waals surface area contributed by atoms with Crippen LogP contribution in [0, 0.1) is 13.8 Å². The van der Waals surface area contributed by atoms with Gasteiger partial charge in [-0.3, -0.25) is 0 Å². The van der Waals surface area contributed by atoms with Crippen LogP contribution in [0.5, 0.6) is 11.5 Å². The van der Waals surface area contributed by atoms with Gasteiger partial charge in [0.15, 0.2) is 0 Å². The molecule has 10 aromatic carbocycles. The van der Waals surface area contributed by atoms with Crippen molar-refractivity contribution in [2.24, 2.45) is 0 Å². The predicted molar refractivity (Wildman–Crippen MR) is 536 cm³/mol. The Morgan fingerprint density at radius 3 is 0.811 bits per heavy atom. The molecule has 0 saturated heterocycles. The average Bonchev–Trinajstić information content (AvgIpc) is 0.857. The molecule has 652 valence electrons. The van der Waals surface area contributed by atoms with E-state index in [1.54, 1.807) is 61.2 Å². The van der Waals surface area contributed by atoms with Crippen molar-refractivity contribution in [3.63, 3.8) is 0 Å². The number of benzene rings is 10. The van der Waals surface area contributed by atoms with Gasteiger partial charge in [-0.25, -0.2) is 0 Å². The van der Waals surface area contributed by atoms with E-state index in [1.165, 1.54) is 348 Å². The Morgan fingerprint density at radius 2 is 0.500 bits per heavy atom. The predicted octanol–water partition coefficient (Wildman–Crippen LogP) is 32.9. The van der Waals surface area contributed by atoms with Gasteiger partial charge in [0, 0.05) is 0 Å². The molecule has 0 fully saturated rings. The molecule has 2 nitrogen and oxygen atoms in total. The third kappa shape index (κ3) is 36.1. The molecule has 0 radical (unpaired) electrons. The van der Waals surface area contributed by atoms with Crippen LogP contribution in [-0.4, -0.2) is 13.2 Å². The molecule has 0 N–H and O–H groups in total. The number of fused-ring (bicyclic) bond motifs is 7. The maximum Gasteiger partial charge on any atom is 0.119 e. The fraction of sp³-hybridized carbons (Fsp3) is 0.450. The second-order valence-electron chi connectivity index (χ2n) is 35.2. The number of rotatable bonds is 35. The summed E-state index contributed by atoms with van der Waals surface area (Å²) in [5.74, 6) is 2.12. The number of ether oxygens (including phenoxy) is 2. The van der Waals surface area contributed by atoms with Gasteiger partial charge in [-0.1, -0.05) is 383 Å². The SMILES string of the molecule is C=Cc1cccc(C)c1.C=Cc1cccc(CCCC)c1.C=Cc1cccc(CCCCCC)c1.CCCCCCCOc1ccc2c(c1)CC2.CCCCCCOc1ccc2c(c1)CC2.CCCCCCc1ccc2c(c1)CC2.CCCCc1ccc2c(c1)CC2.CCCc1ccc2c(c1)CC2.CCc1ccc2c(c1)CC2.Cc1ccc2c(c1)CC2. The van der Waals surface area contributed by atoms with E-state index in [0.717, 1.165) is 24.7 Å². The highest BCUT2D eigenvalue weighted by atomic mass is 16.5. The largest absolute Gasteiger partial charge is 0.494 e. The van der Waals surface area contributed by atoms with Gasteiger partial charge in [-0.15, -0.1) is 0 Å². The van der Waals surface area contributed by atoms with E-state index in [9.17, 15) is 0 Å². The third-order valence-corrected chi connectivity index (χ3v) is 25.1. The van der Waals surface area contributed by atoms with Crippen LogP contribution in [0.2, 0.25) is 0 Å². The van der Waals surface area contributed by atoms with Crippen LogP contribution in [0.25, 0.3) is 18.2 Å². The normalized spacial score (nSPS) is 12.5. The first-order valence-corrected chi connectivity index (χ1v) is 48.9. The van der Waals surface area contributed by atoms with Gasteiger partial charge in [0.1, 0.15) is 11.5 Å². The van der Waals surface area contributed by atoms with Crippen LogP contribution in [0.15, 0.2) is 220 Å². The molecule has 0 aromatic heterocycles. The zero-order valence-corrected chi connectivity index (χ0v) is 78.3. The molecule has 122 heavy (non-hydrogen) atoms. The minimum atomic E-state index is 0.874. The summed E-state index contributed by atoms with van der Waals surface area (Å²) in [6, 6.07) is 73.2. The molecule has 0 saturated carbocycles. The summed E-state index contributed by atoms with van der Waals surface area (Å²) in [5.41, 5.74) is 37.1. The van der Waals surface area contributed by atoms with Crippen LogP contribution in [-0.2, 0) is 128 Å². The van der Waals surface area contributed by atoms with Gasteiger partial charge in [0.2, 0.25) is 0 Å². The van der Waals surface area contributed by atoms with Crippen molar-refractivity contribution < 1.29 is 9.47 Å². The Morgan fingerprint density at radius 1 is 0.221 bits per heavy atom. The van der Waals surface area contributed by atoms with Gasteiger partial charge >= 0.3 is 0 Å².